The molecule has 0 spiro atoms. The van der Waals surface area contributed by atoms with Crippen molar-refractivity contribution in [1.82, 2.24) is 9.38 Å². The average Bonchev–Trinajstić information content (AvgIpc) is 2.77. The number of aromatic amines is 1. The fraction of sp³-hybridized carbons (Fsp3) is 0.333. The van der Waals surface area contributed by atoms with Gasteiger partial charge in [0.1, 0.15) is 0 Å². The summed E-state index contributed by atoms with van der Waals surface area (Å²) in [5.74, 6) is -1.16. The number of halogens is 2. The van der Waals surface area contributed by atoms with Crippen LogP contribution < -0.4 is 5.43 Å². The highest BCUT2D eigenvalue weighted by Crippen LogP contribution is 2.12. The molecule has 0 aliphatic carbocycles. The fourth-order valence-corrected chi connectivity index (χ4v) is 2.14. The van der Waals surface area contributed by atoms with E-state index in [0.29, 0.717) is 18.7 Å². The molecule has 102 valence electrons. The van der Waals surface area contributed by atoms with Gasteiger partial charge in [-0.3, -0.25) is 9.59 Å². The summed E-state index contributed by atoms with van der Waals surface area (Å²) >= 11 is 3.00. The minimum atomic E-state index is -0.850. The second kappa shape index (κ2) is 5.56. The number of aryl methyl sites for hydroxylation is 1. The molecular formula is C12H12BrFN2O3. The average molecular weight is 331 g/mol. The molecule has 0 aliphatic rings. The first-order valence-corrected chi connectivity index (χ1v) is 6.55. The Bertz CT molecular complexity index is 677. The largest absolute Gasteiger partial charge is 0.466 e. The van der Waals surface area contributed by atoms with Crippen LogP contribution in [-0.2, 0) is 16.0 Å². The van der Waals surface area contributed by atoms with Crippen LogP contribution in [0.5, 0.6) is 0 Å². The van der Waals surface area contributed by atoms with Crippen molar-refractivity contribution < 1.29 is 13.9 Å². The lowest BCUT2D eigenvalue weighted by Gasteiger charge is -1.99. The van der Waals surface area contributed by atoms with Crippen LogP contribution in [0.15, 0.2) is 21.7 Å². The molecular weight excluding hydrogens is 319 g/mol. The minimum Gasteiger partial charge on any atom is -0.466 e. The highest BCUT2D eigenvalue weighted by molar-refractivity contribution is 9.10. The van der Waals surface area contributed by atoms with E-state index in [0.717, 1.165) is 0 Å². The zero-order valence-electron chi connectivity index (χ0n) is 10.2. The van der Waals surface area contributed by atoms with E-state index in [4.69, 9.17) is 4.74 Å². The number of ether oxygens (including phenoxy) is 1. The summed E-state index contributed by atoms with van der Waals surface area (Å²) in [5, 5.41) is 0. The molecule has 0 amide bonds. The third-order valence-corrected chi connectivity index (χ3v) is 3.18. The van der Waals surface area contributed by atoms with E-state index in [1.54, 1.807) is 13.1 Å². The maximum absolute atomic E-state index is 13.7. The van der Waals surface area contributed by atoms with Crippen LogP contribution in [0.1, 0.15) is 19.0 Å². The first kappa shape index (κ1) is 13.8. The van der Waals surface area contributed by atoms with Crippen molar-refractivity contribution in [2.75, 3.05) is 6.61 Å². The number of hydrogen-bond donors (Lipinski definition) is 1. The van der Waals surface area contributed by atoms with Crippen molar-refractivity contribution >= 4 is 27.5 Å². The number of pyridine rings is 1. The Morgan fingerprint density at radius 3 is 2.95 bits per heavy atom. The smallest absolute Gasteiger partial charge is 0.306 e. The van der Waals surface area contributed by atoms with Crippen LogP contribution in [0.3, 0.4) is 0 Å². The normalized spacial score (nSPS) is 10.9. The van der Waals surface area contributed by atoms with Gasteiger partial charge in [0.15, 0.2) is 5.65 Å². The lowest BCUT2D eigenvalue weighted by molar-refractivity contribution is -0.143. The first-order valence-electron chi connectivity index (χ1n) is 5.76. The number of hydrogen-bond acceptors (Lipinski definition) is 3. The zero-order chi connectivity index (χ0) is 14.0. The zero-order valence-corrected chi connectivity index (χ0v) is 11.8. The summed E-state index contributed by atoms with van der Waals surface area (Å²) in [6, 6.07) is 0. The van der Waals surface area contributed by atoms with Crippen LogP contribution in [0.25, 0.3) is 5.65 Å². The second-order valence-corrected chi connectivity index (χ2v) is 4.81. The van der Waals surface area contributed by atoms with Gasteiger partial charge in [-0.25, -0.2) is 0 Å². The SMILES string of the molecule is CCOC(=O)CCc1cn2cc(Br)c(=O)c(F)c2[nH]1. The van der Waals surface area contributed by atoms with Crippen molar-refractivity contribution in [2.24, 2.45) is 0 Å². The summed E-state index contributed by atoms with van der Waals surface area (Å²) in [5.41, 5.74) is 0.0512. The van der Waals surface area contributed by atoms with E-state index in [-0.39, 0.29) is 22.5 Å². The molecule has 5 nitrogen and oxygen atoms in total. The molecule has 19 heavy (non-hydrogen) atoms. The van der Waals surface area contributed by atoms with Crippen LogP contribution in [-0.4, -0.2) is 22.0 Å². The van der Waals surface area contributed by atoms with Crippen molar-refractivity contribution in [1.29, 1.82) is 0 Å². The van der Waals surface area contributed by atoms with Crippen molar-refractivity contribution in [3.63, 3.8) is 0 Å². The van der Waals surface area contributed by atoms with Gasteiger partial charge in [0, 0.05) is 18.1 Å². The van der Waals surface area contributed by atoms with Gasteiger partial charge in [-0.2, -0.15) is 4.39 Å². The van der Waals surface area contributed by atoms with E-state index in [1.807, 2.05) is 0 Å². The second-order valence-electron chi connectivity index (χ2n) is 3.96. The maximum atomic E-state index is 13.7. The number of aromatic nitrogens is 2. The van der Waals surface area contributed by atoms with Crippen molar-refractivity contribution in [2.45, 2.75) is 19.8 Å². The topological polar surface area (TPSA) is 63.6 Å². The third-order valence-electron chi connectivity index (χ3n) is 2.61. The fourth-order valence-electron chi connectivity index (χ4n) is 1.74. The van der Waals surface area contributed by atoms with E-state index in [2.05, 4.69) is 20.9 Å². The number of esters is 1. The number of H-pyrrole nitrogens is 1. The Kier molecular flexibility index (Phi) is 4.04. The van der Waals surface area contributed by atoms with Crippen LogP contribution >= 0.6 is 15.9 Å². The molecule has 2 aromatic rings. The number of nitrogens with zero attached hydrogens (tertiary/aromatic N) is 1. The van der Waals surface area contributed by atoms with Gasteiger partial charge < -0.3 is 14.1 Å². The van der Waals surface area contributed by atoms with Gasteiger partial charge >= 0.3 is 5.97 Å². The maximum Gasteiger partial charge on any atom is 0.306 e. The predicted octanol–water partition coefficient (Wildman–Crippen LogP) is 2.02. The van der Waals surface area contributed by atoms with E-state index < -0.39 is 11.2 Å². The molecule has 0 saturated carbocycles. The number of fused-ring (bicyclic) bond motifs is 1. The van der Waals surface area contributed by atoms with Gasteiger partial charge in [-0.15, -0.1) is 0 Å². The third kappa shape index (κ3) is 2.86. The number of imidazole rings is 1. The Balaban J connectivity index is 2.25. The van der Waals surface area contributed by atoms with E-state index in [9.17, 15) is 14.0 Å². The van der Waals surface area contributed by atoms with Crippen LogP contribution in [0.2, 0.25) is 0 Å². The number of carbonyl (C=O) groups excluding carboxylic acids is 1. The Morgan fingerprint density at radius 2 is 2.26 bits per heavy atom. The Morgan fingerprint density at radius 1 is 1.53 bits per heavy atom. The first-order chi connectivity index (χ1) is 9.02. The molecule has 2 heterocycles. The monoisotopic (exact) mass is 330 g/mol. The number of nitrogens with one attached hydrogen (secondary N) is 1. The lowest BCUT2D eigenvalue weighted by atomic mass is 10.2. The van der Waals surface area contributed by atoms with Crippen LogP contribution in [0, 0.1) is 5.82 Å². The van der Waals surface area contributed by atoms with Crippen molar-refractivity contribution in [3.05, 3.63) is 38.6 Å². The molecule has 0 radical (unpaired) electrons. The highest BCUT2D eigenvalue weighted by atomic mass is 79.9. The lowest BCUT2D eigenvalue weighted by Crippen LogP contribution is -2.09. The summed E-state index contributed by atoms with van der Waals surface area (Å²) < 4.78 is 20.1. The highest BCUT2D eigenvalue weighted by Gasteiger charge is 2.12. The van der Waals surface area contributed by atoms with E-state index in [1.165, 1.54) is 10.6 Å². The van der Waals surface area contributed by atoms with Gasteiger partial charge in [-0.05, 0) is 29.3 Å². The van der Waals surface area contributed by atoms with Crippen molar-refractivity contribution in [3.8, 4) is 0 Å². The molecule has 7 heteroatoms. The Hall–Kier alpha value is -1.63. The molecule has 0 saturated heterocycles. The molecule has 2 aromatic heterocycles. The number of carbonyl (C=O) groups is 1. The molecule has 0 unspecified atom stereocenters. The number of rotatable bonds is 4. The summed E-state index contributed by atoms with van der Waals surface area (Å²) in [4.78, 5) is 25.4. The quantitative estimate of drug-likeness (QED) is 0.872. The molecule has 0 bridgehead atoms. The molecule has 0 fully saturated rings. The summed E-state index contributed by atoms with van der Waals surface area (Å²) in [7, 11) is 0. The molecule has 0 aliphatic heterocycles. The summed E-state index contributed by atoms with van der Waals surface area (Å²) in [6.45, 7) is 2.07. The van der Waals surface area contributed by atoms with Gasteiger partial charge in [0.2, 0.25) is 11.2 Å². The molecule has 1 N–H and O–H groups in total. The standard InChI is InChI=1S/C12H12BrFN2O3/c1-2-19-9(17)4-3-7-5-16-6-8(13)11(18)10(14)12(16)15-7/h5-6,15H,2-4H2,1H3. The summed E-state index contributed by atoms with van der Waals surface area (Å²) in [6.07, 6.45) is 3.72. The van der Waals surface area contributed by atoms with Gasteiger partial charge in [0.25, 0.3) is 0 Å². The predicted molar refractivity (Wildman–Crippen MR) is 70.6 cm³/mol. The van der Waals surface area contributed by atoms with Gasteiger partial charge in [-0.1, -0.05) is 0 Å². The Labute approximate surface area is 116 Å². The minimum absolute atomic E-state index is 0.0899. The van der Waals surface area contributed by atoms with Crippen LogP contribution in [0.4, 0.5) is 4.39 Å². The van der Waals surface area contributed by atoms with Gasteiger partial charge in [0.05, 0.1) is 17.5 Å². The molecule has 0 aromatic carbocycles. The molecule has 0 atom stereocenters. The van der Waals surface area contributed by atoms with E-state index >= 15 is 0 Å². The molecule has 2 rings (SSSR count).